The molecule has 1 fully saturated rings. The number of hydrogen-bond acceptors (Lipinski definition) is 3. The summed E-state index contributed by atoms with van der Waals surface area (Å²) in [7, 11) is 1.81. The highest BCUT2D eigenvalue weighted by Gasteiger charge is 2.22. The van der Waals surface area contributed by atoms with Crippen molar-refractivity contribution in [1.82, 2.24) is 5.32 Å². The lowest BCUT2D eigenvalue weighted by Gasteiger charge is -2.24. The molecule has 0 aliphatic heterocycles. The summed E-state index contributed by atoms with van der Waals surface area (Å²) in [6, 6.07) is 0. The van der Waals surface area contributed by atoms with Crippen LogP contribution in [0.2, 0.25) is 0 Å². The molecule has 0 heterocycles. The Morgan fingerprint density at radius 3 is 2.45 bits per heavy atom. The molecule has 0 saturated heterocycles. The fourth-order valence-electron chi connectivity index (χ4n) is 1.82. The van der Waals surface area contributed by atoms with Crippen LogP contribution in [-0.2, 0) is 0 Å². The Labute approximate surface area is 67.5 Å². The summed E-state index contributed by atoms with van der Waals surface area (Å²) in [6.07, 6.45) is 6.03. The van der Waals surface area contributed by atoms with E-state index in [-0.39, 0.29) is 6.17 Å². The van der Waals surface area contributed by atoms with Gasteiger partial charge in [0.1, 0.15) is 6.17 Å². The van der Waals surface area contributed by atoms with Crippen molar-refractivity contribution in [2.75, 3.05) is 7.05 Å². The van der Waals surface area contributed by atoms with Crippen LogP contribution < -0.4 is 5.32 Å². The van der Waals surface area contributed by atoms with Crippen molar-refractivity contribution in [3.05, 3.63) is 4.91 Å². The maximum absolute atomic E-state index is 10.3. The van der Waals surface area contributed by atoms with E-state index < -0.39 is 0 Å². The van der Waals surface area contributed by atoms with Crippen molar-refractivity contribution in [1.29, 1.82) is 0 Å². The zero-order valence-corrected chi connectivity index (χ0v) is 7.05. The minimum Gasteiger partial charge on any atom is -0.296 e. The van der Waals surface area contributed by atoms with Crippen LogP contribution in [0.5, 0.6) is 0 Å². The van der Waals surface area contributed by atoms with Crippen LogP contribution in [0.1, 0.15) is 32.1 Å². The Morgan fingerprint density at radius 1 is 1.36 bits per heavy atom. The summed E-state index contributed by atoms with van der Waals surface area (Å²) in [6.45, 7) is 0. The number of nitrogens with zero attached hydrogens (tertiary/aromatic N) is 1. The van der Waals surface area contributed by atoms with Gasteiger partial charge in [-0.25, -0.2) is 0 Å². The first-order valence-electron chi connectivity index (χ1n) is 4.38. The highest BCUT2D eigenvalue weighted by atomic mass is 16.3. The molecule has 1 aliphatic rings. The van der Waals surface area contributed by atoms with Crippen molar-refractivity contribution in [2.24, 2.45) is 11.1 Å². The van der Waals surface area contributed by atoms with Gasteiger partial charge in [-0.15, -0.1) is 4.91 Å². The molecule has 0 aromatic heterocycles. The summed E-state index contributed by atoms with van der Waals surface area (Å²) >= 11 is 0. The van der Waals surface area contributed by atoms with Crippen molar-refractivity contribution in [3.63, 3.8) is 0 Å². The van der Waals surface area contributed by atoms with Gasteiger partial charge in [-0.1, -0.05) is 24.4 Å². The maximum Gasteiger partial charge on any atom is 0.144 e. The molecule has 0 radical (unpaired) electrons. The van der Waals surface area contributed by atoms with Crippen LogP contribution in [0.4, 0.5) is 0 Å². The summed E-state index contributed by atoms with van der Waals surface area (Å²) in [4.78, 5) is 10.3. The normalized spacial score (nSPS) is 23.0. The molecule has 1 atom stereocenters. The molecule has 0 aromatic rings. The van der Waals surface area contributed by atoms with Crippen LogP contribution in [0, 0.1) is 10.8 Å². The fraction of sp³-hybridized carbons (Fsp3) is 1.00. The highest BCUT2D eigenvalue weighted by Crippen LogP contribution is 2.26. The van der Waals surface area contributed by atoms with Crippen molar-refractivity contribution in [2.45, 2.75) is 38.3 Å². The summed E-state index contributed by atoms with van der Waals surface area (Å²) in [5, 5.41) is 6.01. The van der Waals surface area contributed by atoms with Gasteiger partial charge in [0.05, 0.1) is 0 Å². The highest BCUT2D eigenvalue weighted by molar-refractivity contribution is 4.75. The van der Waals surface area contributed by atoms with E-state index in [1.165, 1.54) is 19.3 Å². The predicted molar refractivity (Wildman–Crippen MR) is 45.2 cm³/mol. The van der Waals surface area contributed by atoms with E-state index in [9.17, 15) is 4.91 Å². The maximum atomic E-state index is 10.3. The first-order chi connectivity index (χ1) is 5.38. The van der Waals surface area contributed by atoms with Gasteiger partial charge in [-0.05, 0) is 25.8 Å². The molecule has 0 bridgehead atoms. The van der Waals surface area contributed by atoms with Gasteiger partial charge in [0.15, 0.2) is 0 Å². The summed E-state index contributed by atoms with van der Waals surface area (Å²) < 4.78 is 0. The quantitative estimate of drug-likeness (QED) is 0.634. The van der Waals surface area contributed by atoms with Gasteiger partial charge in [0.25, 0.3) is 0 Å². The molecule has 1 N–H and O–H groups in total. The monoisotopic (exact) mass is 156 g/mol. The molecule has 0 spiro atoms. The van der Waals surface area contributed by atoms with Gasteiger partial charge in [0.2, 0.25) is 0 Å². The second-order valence-electron chi connectivity index (χ2n) is 3.24. The van der Waals surface area contributed by atoms with Crippen LogP contribution in [-0.4, -0.2) is 13.2 Å². The van der Waals surface area contributed by atoms with Gasteiger partial charge < -0.3 is 0 Å². The van der Waals surface area contributed by atoms with E-state index >= 15 is 0 Å². The SMILES string of the molecule is CN[C@H](N=O)C1CCCCC1. The molecule has 3 nitrogen and oxygen atoms in total. The van der Waals surface area contributed by atoms with E-state index in [4.69, 9.17) is 0 Å². The molecule has 0 unspecified atom stereocenters. The lowest BCUT2D eigenvalue weighted by atomic mass is 9.87. The average molecular weight is 156 g/mol. The molecule has 1 rings (SSSR count). The van der Waals surface area contributed by atoms with Crippen molar-refractivity contribution < 1.29 is 0 Å². The van der Waals surface area contributed by atoms with Gasteiger partial charge in [-0.2, -0.15) is 0 Å². The van der Waals surface area contributed by atoms with E-state index in [1.54, 1.807) is 7.05 Å². The van der Waals surface area contributed by atoms with E-state index in [1.807, 2.05) is 0 Å². The zero-order chi connectivity index (χ0) is 8.10. The van der Waals surface area contributed by atoms with Crippen molar-refractivity contribution in [3.8, 4) is 0 Å². The Morgan fingerprint density at radius 2 is 2.00 bits per heavy atom. The van der Waals surface area contributed by atoms with E-state index in [0.717, 1.165) is 12.8 Å². The minimum atomic E-state index is -0.143. The molecule has 3 heteroatoms. The van der Waals surface area contributed by atoms with Gasteiger partial charge >= 0.3 is 0 Å². The Bertz CT molecular complexity index is 121. The number of nitroso groups, excluding NO2 is 1. The second-order valence-corrected chi connectivity index (χ2v) is 3.24. The van der Waals surface area contributed by atoms with E-state index in [0.29, 0.717) is 5.92 Å². The zero-order valence-electron chi connectivity index (χ0n) is 7.05. The fourth-order valence-corrected chi connectivity index (χ4v) is 1.82. The molecule has 11 heavy (non-hydrogen) atoms. The van der Waals surface area contributed by atoms with Crippen LogP contribution in [0.25, 0.3) is 0 Å². The summed E-state index contributed by atoms with van der Waals surface area (Å²) in [5.41, 5.74) is 0. The van der Waals surface area contributed by atoms with Gasteiger partial charge in [-0.3, -0.25) is 5.32 Å². The predicted octanol–water partition coefficient (Wildman–Crippen LogP) is 1.88. The second kappa shape index (κ2) is 4.44. The van der Waals surface area contributed by atoms with Crippen LogP contribution in [0.3, 0.4) is 0 Å². The molecule has 0 aromatic carbocycles. The Hall–Kier alpha value is -0.440. The average Bonchev–Trinajstić information content (AvgIpc) is 2.09. The van der Waals surface area contributed by atoms with Crippen molar-refractivity contribution >= 4 is 0 Å². The number of rotatable bonds is 3. The van der Waals surface area contributed by atoms with E-state index in [2.05, 4.69) is 10.5 Å². The largest absolute Gasteiger partial charge is 0.296 e. The smallest absolute Gasteiger partial charge is 0.144 e. The summed E-state index contributed by atoms with van der Waals surface area (Å²) in [5.74, 6) is 0.492. The molecule has 64 valence electrons. The first kappa shape index (κ1) is 8.65. The van der Waals surface area contributed by atoms with Crippen LogP contribution >= 0.6 is 0 Å². The standard InChI is InChI=1S/C8H16N2O/c1-9-8(10-11)7-5-3-2-4-6-7/h7-9H,2-6H2,1H3/t8-/m1/s1. The van der Waals surface area contributed by atoms with Gasteiger partial charge in [0, 0.05) is 0 Å². The Kier molecular flexibility index (Phi) is 3.49. The minimum absolute atomic E-state index is 0.143. The van der Waals surface area contributed by atoms with Crippen LogP contribution in [0.15, 0.2) is 5.18 Å². The topological polar surface area (TPSA) is 41.5 Å². The molecule has 0 amide bonds. The molecular weight excluding hydrogens is 140 g/mol. The Balaban J connectivity index is 2.35. The third kappa shape index (κ3) is 2.26. The molecular formula is C8H16N2O. The molecule has 1 aliphatic carbocycles. The lowest BCUT2D eigenvalue weighted by molar-refractivity contribution is 0.283. The first-order valence-corrected chi connectivity index (χ1v) is 4.38. The third-order valence-electron chi connectivity index (χ3n) is 2.51. The lowest BCUT2D eigenvalue weighted by Crippen LogP contribution is -2.32. The number of nitrogens with one attached hydrogen (secondary N) is 1. The third-order valence-corrected chi connectivity index (χ3v) is 2.51. The molecule has 1 saturated carbocycles. The number of hydrogen-bond donors (Lipinski definition) is 1.